The summed E-state index contributed by atoms with van der Waals surface area (Å²) in [5.74, 6) is 0. The molecule has 0 aliphatic carbocycles. The van der Waals surface area contributed by atoms with Crippen molar-refractivity contribution >= 4 is 26.0 Å². The molecule has 1 heterocycles. The minimum absolute atomic E-state index is 0.354. The van der Waals surface area contributed by atoms with E-state index in [9.17, 15) is 8.42 Å². The maximum absolute atomic E-state index is 12.8. The average Bonchev–Trinajstić information content (AvgIpc) is 2.55. The maximum atomic E-state index is 12.8. The number of piperazine rings is 1. The van der Waals surface area contributed by atoms with Gasteiger partial charge < -0.3 is 4.90 Å². The van der Waals surface area contributed by atoms with Crippen LogP contribution in [0.15, 0.2) is 57.9 Å². The highest BCUT2D eigenvalue weighted by atomic mass is 79.9. The van der Waals surface area contributed by atoms with Crippen LogP contribution >= 0.6 is 15.9 Å². The average molecular weight is 410 g/mol. The van der Waals surface area contributed by atoms with Crippen LogP contribution in [0.1, 0.15) is 11.1 Å². The van der Waals surface area contributed by atoms with E-state index in [1.807, 2.05) is 6.07 Å². The summed E-state index contributed by atoms with van der Waals surface area (Å²) in [6, 6.07) is 15.5. The van der Waals surface area contributed by atoms with Gasteiger partial charge >= 0.3 is 0 Å². The number of quaternary nitrogens is 1. The molecule has 0 aromatic heterocycles. The quantitative estimate of drug-likeness (QED) is 0.836. The van der Waals surface area contributed by atoms with Gasteiger partial charge in [-0.3, -0.25) is 0 Å². The van der Waals surface area contributed by atoms with Gasteiger partial charge in [-0.2, -0.15) is 4.31 Å². The zero-order chi connectivity index (χ0) is 17.2. The molecule has 1 fully saturated rings. The topological polar surface area (TPSA) is 41.8 Å². The number of rotatable bonds is 4. The predicted molar refractivity (Wildman–Crippen MR) is 98.5 cm³/mol. The van der Waals surface area contributed by atoms with Crippen LogP contribution in [0.5, 0.6) is 0 Å². The van der Waals surface area contributed by atoms with E-state index in [0.29, 0.717) is 22.5 Å². The Balaban J connectivity index is 1.66. The van der Waals surface area contributed by atoms with Gasteiger partial charge in [0.1, 0.15) is 6.54 Å². The molecule has 2 aromatic carbocycles. The molecule has 1 saturated heterocycles. The zero-order valence-electron chi connectivity index (χ0n) is 13.7. The molecule has 4 nitrogen and oxygen atoms in total. The van der Waals surface area contributed by atoms with E-state index in [-0.39, 0.29) is 0 Å². The van der Waals surface area contributed by atoms with E-state index in [1.165, 1.54) is 16.0 Å². The fourth-order valence-corrected chi connectivity index (χ4v) is 5.53. The molecule has 0 spiro atoms. The van der Waals surface area contributed by atoms with Crippen molar-refractivity contribution in [2.45, 2.75) is 18.4 Å². The van der Waals surface area contributed by atoms with Crippen molar-refractivity contribution in [1.29, 1.82) is 0 Å². The second kappa shape index (κ2) is 7.35. The Kier molecular flexibility index (Phi) is 5.39. The van der Waals surface area contributed by atoms with Crippen molar-refractivity contribution in [2.75, 3.05) is 26.2 Å². The van der Waals surface area contributed by atoms with E-state index in [0.717, 1.165) is 19.6 Å². The third-order valence-electron chi connectivity index (χ3n) is 4.42. The largest absolute Gasteiger partial charge is 0.329 e. The molecule has 0 saturated carbocycles. The minimum Gasteiger partial charge on any atom is -0.329 e. The molecule has 0 unspecified atom stereocenters. The summed E-state index contributed by atoms with van der Waals surface area (Å²) in [7, 11) is -3.42. The Bertz CT molecular complexity index is 815. The summed E-state index contributed by atoms with van der Waals surface area (Å²) in [6.07, 6.45) is 0. The van der Waals surface area contributed by atoms with E-state index in [4.69, 9.17) is 0 Å². The van der Waals surface area contributed by atoms with Crippen molar-refractivity contribution in [3.8, 4) is 0 Å². The van der Waals surface area contributed by atoms with E-state index >= 15 is 0 Å². The van der Waals surface area contributed by atoms with Gasteiger partial charge in [0.2, 0.25) is 10.0 Å². The molecule has 0 radical (unpaired) electrons. The van der Waals surface area contributed by atoms with Crippen LogP contribution < -0.4 is 4.90 Å². The molecule has 0 bridgehead atoms. The monoisotopic (exact) mass is 409 g/mol. The second-order valence-electron chi connectivity index (χ2n) is 6.25. The SMILES string of the molecule is Cc1cccc(C[NH+]2CCN(S(=O)(=O)c3ccccc3Br)CC2)c1. The first kappa shape index (κ1) is 17.6. The number of nitrogens with zero attached hydrogens (tertiary/aromatic N) is 1. The van der Waals surface area contributed by atoms with Crippen LogP contribution in [0.4, 0.5) is 0 Å². The fourth-order valence-electron chi connectivity index (χ4n) is 3.12. The number of nitrogens with one attached hydrogen (secondary N) is 1. The number of hydrogen-bond donors (Lipinski definition) is 1. The highest BCUT2D eigenvalue weighted by Gasteiger charge is 2.31. The van der Waals surface area contributed by atoms with Gasteiger partial charge in [0.05, 0.1) is 31.1 Å². The Labute approximate surface area is 152 Å². The standard InChI is InChI=1S/C18H21BrN2O2S/c1-15-5-4-6-16(13-15)14-20-9-11-21(12-10-20)24(22,23)18-8-3-2-7-17(18)19/h2-8,13H,9-12,14H2,1H3/p+1. The molecule has 0 amide bonds. The number of benzene rings is 2. The summed E-state index contributed by atoms with van der Waals surface area (Å²) >= 11 is 3.35. The summed E-state index contributed by atoms with van der Waals surface area (Å²) in [4.78, 5) is 1.78. The first-order chi connectivity index (χ1) is 11.5. The van der Waals surface area contributed by atoms with Gasteiger partial charge in [-0.05, 0) is 35.0 Å². The Morgan fingerprint density at radius 2 is 1.79 bits per heavy atom. The van der Waals surface area contributed by atoms with E-state index in [2.05, 4.69) is 47.1 Å². The van der Waals surface area contributed by atoms with Crippen LogP contribution in [0.3, 0.4) is 0 Å². The highest BCUT2D eigenvalue weighted by Crippen LogP contribution is 2.24. The minimum atomic E-state index is -3.42. The van der Waals surface area contributed by atoms with E-state index < -0.39 is 10.0 Å². The second-order valence-corrected chi connectivity index (χ2v) is 9.01. The predicted octanol–water partition coefficient (Wildman–Crippen LogP) is 1.85. The summed E-state index contributed by atoms with van der Waals surface area (Å²) < 4.78 is 27.8. The van der Waals surface area contributed by atoms with Gasteiger partial charge in [0.25, 0.3) is 0 Å². The van der Waals surface area contributed by atoms with Crippen molar-refractivity contribution in [1.82, 2.24) is 4.31 Å². The molecule has 1 aliphatic heterocycles. The van der Waals surface area contributed by atoms with Crippen LogP contribution in [0.2, 0.25) is 0 Å². The van der Waals surface area contributed by atoms with Gasteiger partial charge in [0, 0.05) is 10.0 Å². The van der Waals surface area contributed by atoms with Crippen molar-refractivity contribution in [2.24, 2.45) is 0 Å². The van der Waals surface area contributed by atoms with Crippen molar-refractivity contribution < 1.29 is 13.3 Å². The molecule has 3 rings (SSSR count). The number of hydrogen-bond acceptors (Lipinski definition) is 2. The summed E-state index contributed by atoms with van der Waals surface area (Å²) in [6.45, 7) is 5.83. The highest BCUT2D eigenvalue weighted by molar-refractivity contribution is 9.10. The molecule has 1 N–H and O–H groups in total. The normalized spacial score (nSPS) is 17.1. The van der Waals surface area contributed by atoms with Crippen molar-refractivity contribution in [3.63, 3.8) is 0 Å². The number of sulfonamides is 1. The lowest BCUT2D eigenvalue weighted by atomic mass is 10.1. The molecule has 2 aromatic rings. The van der Waals surface area contributed by atoms with Gasteiger partial charge in [-0.25, -0.2) is 8.42 Å². The smallest absolute Gasteiger partial charge is 0.244 e. The number of aryl methyl sites for hydroxylation is 1. The molecule has 24 heavy (non-hydrogen) atoms. The lowest BCUT2D eigenvalue weighted by molar-refractivity contribution is -0.917. The molecule has 128 valence electrons. The lowest BCUT2D eigenvalue weighted by Crippen LogP contribution is -3.13. The molecule has 0 atom stereocenters. The Morgan fingerprint density at radius 3 is 2.46 bits per heavy atom. The van der Waals surface area contributed by atoms with Gasteiger partial charge in [-0.15, -0.1) is 0 Å². The molecule has 1 aliphatic rings. The molecular formula is C18H22BrN2O2S+. The van der Waals surface area contributed by atoms with Crippen LogP contribution in [0.25, 0.3) is 0 Å². The Morgan fingerprint density at radius 1 is 1.08 bits per heavy atom. The third kappa shape index (κ3) is 3.88. The summed E-state index contributed by atoms with van der Waals surface area (Å²) in [5.41, 5.74) is 2.58. The van der Waals surface area contributed by atoms with Crippen LogP contribution in [0, 0.1) is 6.92 Å². The molecular weight excluding hydrogens is 388 g/mol. The fraction of sp³-hybridized carbons (Fsp3) is 0.333. The van der Waals surface area contributed by atoms with E-state index in [1.54, 1.807) is 22.5 Å². The first-order valence-electron chi connectivity index (χ1n) is 8.10. The third-order valence-corrected chi connectivity index (χ3v) is 7.33. The van der Waals surface area contributed by atoms with Crippen molar-refractivity contribution in [3.05, 3.63) is 64.1 Å². The van der Waals surface area contributed by atoms with Crippen LogP contribution in [-0.2, 0) is 16.6 Å². The first-order valence-corrected chi connectivity index (χ1v) is 10.3. The molecule has 6 heteroatoms. The Hall–Kier alpha value is -1.21. The van der Waals surface area contributed by atoms with Gasteiger partial charge in [0.15, 0.2) is 0 Å². The van der Waals surface area contributed by atoms with Gasteiger partial charge in [-0.1, -0.05) is 42.0 Å². The summed E-state index contributed by atoms with van der Waals surface area (Å²) in [5, 5.41) is 0. The van der Waals surface area contributed by atoms with Crippen LogP contribution in [-0.4, -0.2) is 38.9 Å². The number of halogens is 1. The lowest BCUT2D eigenvalue weighted by Gasteiger charge is -2.31. The maximum Gasteiger partial charge on any atom is 0.244 e. The zero-order valence-corrected chi connectivity index (χ0v) is 16.1.